The first-order chi connectivity index (χ1) is 17.4. The molecule has 0 amide bonds. The SMILES string of the molecule is CC[C@@H](CN1CCOCC1)N1C2OC2[C@@](C)(CC=O)C[C@H](c2cccc(Cl)c2)[C@H]1c1ccc(Cl)cn1. The van der Waals surface area contributed by atoms with E-state index in [4.69, 9.17) is 37.7 Å². The van der Waals surface area contributed by atoms with Crippen molar-refractivity contribution >= 4 is 29.5 Å². The number of pyridine rings is 1. The van der Waals surface area contributed by atoms with Gasteiger partial charge >= 0.3 is 0 Å². The minimum atomic E-state index is -0.282. The number of fused-ring (bicyclic) bond motifs is 1. The number of rotatable bonds is 8. The molecule has 0 radical (unpaired) electrons. The lowest BCUT2D eigenvalue weighted by Gasteiger charge is -2.42. The molecule has 36 heavy (non-hydrogen) atoms. The molecule has 3 fully saturated rings. The molecule has 3 aliphatic rings. The van der Waals surface area contributed by atoms with Crippen molar-refractivity contribution in [2.75, 3.05) is 32.8 Å². The fourth-order valence-electron chi connectivity index (χ4n) is 6.24. The molecule has 0 spiro atoms. The molecule has 5 rings (SSSR count). The third-order valence-electron chi connectivity index (χ3n) is 8.18. The normalized spacial score (nSPS) is 31.9. The van der Waals surface area contributed by atoms with Crippen LogP contribution >= 0.6 is 23.2 Å². The number of nitrogens with zero attached hydrogens (tertiary/aromatic N) is 3. The summed E-state index contributed by atoms with van der Waals surface area (Å²) in [5, 5.41) is 1.33. The molecule has 0 bridgehead atoms. The zero-order chi connectivity index (χ0) is 25.3. The van der Waals surface area contributed by atoms with Crippen LogP contribution in [0.1, 0.15) is 56.3 Å². The summed E-state index contributed by atoms with van der Waals surface area (Å²) < 4.78 is 12.0. The third-order valence-corrected chi connectivity index (χ3v) is 8.64. The maximum absolute atomic E-state index is 11.8. The van der Waals surface area contributed by atoms with E-state index >= 15 is 0 Å². The van der Waals surface area contributed by atoms with Crippen molar-refractivity contribution in [3.05, 3.63) is 63.9 Å². The van der Waals surface area contributed by atoms with Crippen LogP contribution in [0.5, 0.6) is 0 Å². The molecular weight excluding hydrogens is 497 g/mol. The van der Waals surface area contributed by atoms with Gasteiger partial charge in [-0.25, -0.2) is 0 Å². The summed E-state index contributed by atoms with van der Waals surface area (Å²) >= 11 is 12.8. The molecule has 0 N–H and O–H groups in total. The predicted octanol–water partition coefficient (Wildman–Crippen LogP) is 5.35. The second-order valence-electron chi connectivity index (χ2n) is 10.6. The molecule has 0 aliphatic carbocycles. The topological polar surface area (TPSA) is 58.2 Å². The number of carbonyl (C=O) groups excluding carboxylic acids is 1. The average Bonchev–Trinajstić information content (AvgIpc) is 3.68. The average molecular weight is 533 g/mol. The Labute approximate surface area is 223 Å². The number of ether oxygens (including phenoxy) is 2. The van der Waals surface area contributed by atoms with Crippen molar-refractivity contribution in [2.24, 2.45) is 5.41 Å². The van der Waals surface area contributed by atoms with Gasteiger partial charge < -0.3 is 14.3 Å². The van der Waals surface area contributed by atoms with E-state index in [2.05, 4.69) is 35.8 Å². The van der Waals surface area contributed by atoms with Gasteiger partial charge in [-0.05, 0) is 42.7 Å². The van der Waals surface area contributed by atoms with Crippen LogP contribution < -0.4 is 0 Å². The summed E-state index contributed by atoms with van der Waals surface area (Å²) in [7, 11) is 0. The van der Waals surface area contributed by atoms with Gasteiger partial charge in [0.25, 0.3) is 0 Å². The Kier molecular flexibility index (Phi) is 8.01. The Morgan fingerprint density at radius 3 is 2.67 bits per heavy atom. The van der Waals surface area contributed by atoms with Gasteiger partial charge in [0.15, 0.2) is 0 Å². The lowest BCUT2D eigenvalue weighted by Crippen LogP contribution is -2.50. The molecule has 4 heterocycles. The number of benzene rings is 1. The number of aldehydes is 1. The first-order valence-electron chi connectivity index (χ1n) is 13.0. The molecular formula is C28H35Cl2N3O3. The number of epoxide rings is 1. The van der Waals surface area contributed by atoms with Gasteiger partial charge in [0, 0.05) is 54.6 Å². The van der Waals surface area contributed by atoms with E-state index in [1.807, 2.05) is 24.3 Å². The summed E-state index contributed by atoms with van der Waals surface area (Å²) in [5.74, 6) is 0.0810. The van der Waals surface area contributed by atoms with Crippen LogP contribution in [0.25, 0.3) is 0 Å². The largest absolute Gasteiger partial charge is 0.379 e. The summed E-state index contributed by atoms with van der Waals surface area (Å²) in [6.45, 7) is 8.78. The van der Waals surface area contributed by atoms with Gasteiger partial charge in [-0.1, -0.05) is 49.2 Å². The van der Waals surface area contributed by atoms with Crippen LogP contribution in [0.2, 0.25) is 10.0 Å². The Bertz CT molecular complexity index is 1050. The van der Waals surface area contributed by atoms with Crippen molar-refractivity contribution in [3.63, 3.8) is 0 Å². The van der Waals surface area contributed by atoms with Gasteiger partial charge in [0.1, 0.15) is 18.6 Å². The van der Waals surface area contributed by atoms with Crippen LogP contribution in [0.3, 0.4) is 0 Å². The number of halogens is 2. The first kappa shape index (κ1) is 26.1. The first-order valence-corrected chi connectivity index (χ1v) is 13.7. The summed E-state index contributed by atoms with van der Waals surface area (Å²) in [6, 6.07) is 12.3. The van der Waals surface area contributed by atoms with Crippen molar-refractivity contribution in [1.82, 2.24) is 14.8 Å². The zero-order valence-corrected chi connectivity index (χ0v) is 22.5. The van der Waals surface area contributed by atoms with Gasteiger partial charge in [-0.3, -0.25) is 14.8 Å². The Morgan fingerprint density at radius 2 is 2.00 bits per heavy atom. The highest BCUT2D eigenvalue weighted by Gasteiger charge is 2.61. The molecule has 6 atom stereocenters. The molecule has 2 unspecified atom stereocenters. The van der Waals surface area contributed by atoms with E-state index in [0.29, 0.717) is 16.5 Å². The standard InChI is InChI=1S/C28H35Cl2N3O3/c1-3-22(18-32-10-13-35-14-11-32)33-25(24-8-7-21(30)17-31-24)23(19-5-4-6-20(29)15-19)16-28(2,9-12-34)26-27(33)36-26/h4-8,12,15,17,22-23,25-27H,3,9-11,13-14,16,18H2,1-2H3/t22-,23+,25-,26?,27?,28-/m0/s1. The Hall–Kier alpha value is -1.54. The van der Waals surface area contributed by atoms with Crippen molar-refractivity contribution in [2.45, 2.75) is 63.4 Å². The van der Waals surface area contributed by atoms with Crippen LogP contribution in [-0.2, 0) is 14.3 Å². The van der Waals surface area contributed by atoms with Crippen molar-refractivity contribution in [1.29, 1.82) is 0 Å². The highest BCUT2D eigenvalue weighted by Crippen LogP contribution is 2.57. The smallest absolute Gasteiger partial charge is 0.139 e. The van der Waals surface area contributed by atoms with Crippen LogP contribution in [0, 0.1) is 5.41 Å². The second kappa shape index (κ2) is 11.1. The molecule has 3 aliphatic heterocycles. The monoisotopic (exact) mass is 531 g/mol. The van der Waals surface area contributed by atoms with E-state index in [-0.39, 0.29) is 35.7 Å². The zero-order valence-electron chi connectivity index (χ0n) is 21.0. The minimum absolute atomic E-state index is 0.000392. The van der Waals surface area contributed by atoms with Gasteiger partial charge in [-0.15, -0.1) is 0 Å². The van der Waals surface area contributed by atoms with Crippen LogP contribution in [-0.4, -0.2) is 72.3 Å². The fourth-order valence-corrected chi connectivity index (χ4v) is 6.55. The van der Waals surface area contributed by atoms with Crippen LogP contribution in [0.4, 0.5) is 0 Å². The quantitative estimate of drug-likeness (QED) is 0.338. The van der Waals surface area contributed by atoms with E-state index in [9.17, 15) is 4.79 Å². The van der Waals surface area contributed by atoms with E-state index in [0.717, 1.165) is 63.2 Å². The predicted molar refractivity (Wildman–Crippen MR) is 141 cm³/mol. The van der Waals surface area contributed by atoms with Crippen LogP contribution in [0.15, 0.2) is 42.6 Å². The van der Waals surface area contributed by atoms with E-state index in [1.54, 1.807) is 6.20 Å². The molecule has 0 saturated carbocycles. The molecule has 2 aromatic rings. The summed E-state index contributed by atoms with van der Waals surface area (Å²) in [5.41, 5.74) is 1.85. The Balaban J connectivity index is 1.62. The number of aromatic nitrogens is 1. The summed E-state index contributed by atoms with van der Waals surface area (Å²) in [4.78, 5) is 21.7. The molecule has 1 aromatic heterocycles. The number of morpholine rings is 1. The lowest BCUT2D eigenvalue weighted by atomic mass is 9.72. The molecule has 8 heteroatoms. The number of carbonyl (C=O) groups is 1. The Morgan fingerprint density at radius 1 is 1.19 bits per heavy atom. The van der Waals surface area contributed by atoms with Gasteiger partial charge in [0.2, 0.25) is 0 Å². The fraction of sp³-hybridized carbons (Fsp3) is 0.571. The molecule has 6 nitrogen and oxygen atoms in total. The summed E-state index contributed by atoms with van der Waals surface area (Å²) in [6.07, 6.45) is 4.94. The maximum Gasteiger partial charge on any atom is 0.139 e. The highest BCUT2D eigenvalue weighted by molar-refractivity contribution is 6.30. The third kappa shape index (κ3) is 5.35. The maximum atomic E-state index is 11.8. The van der Waals surface area contributed by atoms with Gasteiger partial charge in [0.05, 0.1) is 30.0 Å². The molecule has 3 saturated heterocycles. The van der Waals surface area contributed by atoms with E-state index in [1.165, 1.54) is 0 Å². The van der Waals surface area contributed by atoms with Crippen molar-refractivity contribution in [3.8, 4) is 0 Å². The second-order valence-corrected chi connectivity index (χ2v) is 11.5. The van der Waals surface area contributed by atoms with E-state index < -0.39 is 0 Å². The number of likely N-dealkylation sites (tertiary alicyclic amines) is 1. The van der Waals surface area contributed by atoms with Crippen molar-refractivity contribution < 1.29 is 14.3 Å². The lowest BCUT2D eigenvalue weighted by molar-refractivity contribution is -0.110. The van der Waals surface area contributed by atoms with Gasteiger partial charge in [-0.2, -0.15) is 0 Å². The number of hydrogen-bond donors (Lipinski definition) is 0. The molecule has 194 valence electrons. The minimum Gasteiger partial charge on any atom is -0.379 e. The highest BCUT2D eigenvalue weighted by atomic mass is 35.5. The number of hydrogen-bond acceptors (Lipinski definition) is 6. The molecule has 1 aromatic carbocycles.